The minimum absolute atomic E-state index is 0.845. The summed E-state index contributed by atoms with van der Waals surface area (Å²) in [6.07, 6.45) is 8.58. The van der Waals surface area contributed by atoms with Gasteiger partial charge in [0.2, 0.25) is 0 Å². The molecule has 1 aliphatic carbocycles. The van der Waals surface area contributed by atoms with Gasteiger partial charge in [0.1, 0.15) is 0 Å². The SMILES string of the molecule is CC(C)CC1CCCC(C(C)Cc2ccccc2)C1. The fourth-order valence-electron chi connectivity index (χ4n) is 3.88. The molecule has 0 N–H and O–H groups in total. The molecule has 0 heterocycles. The second kappa shape index (κ2) is 7.12. The summed E-state index contributed by atoms with van der Waals surface area (Å²) in [7, 11) is 0. The van der Waals surface area contributed by atoms with Crippen LogP contribution in [-0.4, -0.2) is 0 Å². The van der Waals surface area contributed by atoms with Crippen molar-refractivity contribution in [2.75, 3.05) is 0 Å². The molecule has 0 bridgehead atoms. The van der Waals surface area contributed by atoms with Crippen LogP contribution < -0.4 is 0 Å². The largest absolute Gasteiger partial charge is 0.0628 e. The summed E-state index contributed by atoms with van der Waals surface area (Å²) < 4.78 is 0. The Balaban J connectivity index is 1.86. The van der Waals surface area contributed by atoms with Crippen molar-refractivity contribution in [1.29, 1.82) is 0 Å². The van der Waals surface area contributed by atoms with Crippen LogP contribution in [-0.2, 0) is 6.42 Å². The molecule has 2 rings (SSSR count). The molecule has 19 heavy (non-hydrogen) atoms. The highest BCUT2D eigenvalue weighted by atomic mass is 14.3. The molecule has 0 aromatic heterocycles. The van der Waals surface area contributed by atoms with E-state index in [0.717, 1.165) is 23.7 Å². The first-order valence-electron chi connectivity index (χ1n) is 8.19. The number of hydrogen-bond acceptors (Lipinski definition) is 0. The van der Waals surface area contributed by atoms with Gasteiger partial charge >= 0.3 is 0 Å². The lowest BCUT2D eigenvalue weighted by Gasteiger charge is -2.34. The van der Waals surface area contributed by atoms with Gasteiger partial charge in [-0.05, 0) is 48.5 Å². The van der Waals surface area contributed by atoms with E-state index in [4.69, 9.17) is 0 Å². The van der Waals surface area contributed by atoms with Crippen LogP contribution >= 0.6 is 0 Å². The van der Waals surface area contributed by atoms with Crippen LogP contribution in [0.3, 0.4) is 0 Å². The summed E-state index contributed by atoms with van der Waals surface area (Å²) in [5, 5.41) is 0. The number of benzene rings is 1. The lowest BCUT2D eigenvalue weighted by atomic mass is 9.72. The number of hydrogen-bond donors (Lipinski definition) is 0. The predicted molar refractivity (Wildman–Crippen MR) is 84.2 cm³/mol. The van der Waals surface area contributed by atoms with Crippen molar-refractivity contribution in [3.8, 4) is 0 Å². The van der Waals surface area contributed by atoms with Crippen molar-refractivity contribution < 1.29 is 0 Å². The van der Waals surface area contributed by atoms with Crippen LogP contribution in [0.25, 0.3) is 0 Å². The van der Waals surface area contributed by atoms with Gasteiger partial charge in [-0.25, -0.2) is 0 Å². The third-order valence-corrected chi connectivity index (χ3v) is 4.83. The van der Waals surface area contributed by atoms with E-state index in [0.29, 0.717) is 0 Å². The van der Waals surface area contributed by atoms with Gasteiger partial charge < -0.3 is 0 Å². The highest BCUT2D eigenvalue weighted by Crippen LogP contribution is 2.37. The van der Waals surface area contributed by atoms with E-state index in [2.05, 4.69) is 51.1 Å². The van der Waals surface area contributed by atoms with Gasteiger partial charge in [0.15, 0.2) is 0 Å². The molecule has 1 saturated carbocycles. The Morgan fingerprint density at radius 2 is 1.79 bits per heavy atom. The van der Waals surface area contributed by atoms with Crippen molar-refractivity contribution >= 4 is 0 Å². The maximum Gasteiger partial charge on any atom is -0.0250 e. The molecule has 0 saturated heterocycles. The molecule has 1 aromatic rings. The number of rotatable bonds is 5. The van der Waals surface area contributed by atoms with Crippen molar-refractivity contribution in [2.45, 2.75) is 59.3 Å². The molecule has 0 radical (unpaired) electrons. The van der Waals surface area contributed by atoms with Crippen molar-refractivity contribution in [3.63, 3.8) is 0 Å². The van der Waals surface area contributed by atoms with Crippen molar-refractivity contribution in [2.24, 2.45) is 23.7 Å². The van der Waals surface area contributed by atoms with Gasteiger partial charge in [-0.3, -0.25) is 0 Å². The fourth-order valence-corrected chi connectivity index (χ4v) is 3.88. The summed E-state index contributed by atoms with van der Waals surface area (Å²) in [6.45, 7) is 7.21. The smallest absolute Gasteiger partial charge is 0.0250 e. The molecule has 0 amide bonds. The Bertz CT molecular complexity index is 352. The van der Waals surface area contributed by atoms with Gasteiger partial charge in [-0.1, -0.05) is 70.4 Å². The van der Waals surface area contributed by atoms with E-state index < -0.39 is 0 Å². The minimum Gasteiger partial charge on any atom is -0.0628 e. The second-order valence-electron chi connectivity index (χ2n) is 7.09. The lowest BCUT2D eigenvalue weighted by Crippen LogP contribution is -2.23. The highest BCUT2D eigenvalue weighted by Gasteiger charge is 2.26. The zero-order valence-electron chi connectivity index (χ0n) is 12.9. The normalized spacial score (nSPS) is 25.5. The van der Waals surface area contributed by atoms with Gasteiger partial charge in [0, 0.05) is 0 Å². The van der Waals surface area contributed by atoms with Gasteiger partial charge in [-0.2, -0.15) is 0 Å². The van der Waals surface area contributed by atoms with E-state index in [1.54, 1.807) is 0 Å². The quantitative estimate of drug-likeness (QED) is 0.634. The third kappa shape index (κ3) is 4.67. The van der Waals surface area contributed by atoms with Crippen LogP contribution in [0.1, 0.15) is 58.4 Å². The molecule has 0 nitrogen and oxygen atoms in total. The van der Waals surface area contributed by atoms with E-state index in [1.165, 1.54) is 44.1 Å². The molecule has 0 aliphatic heterocycles. The molecule has 1 aliphatic rings. The van der Waals surface area contributed by atoms with Gasteiger partial charge in [0.05, 0.1) is 0 Å². The van der Waals surface area contributed by atoms with E-state index in [1.807, 2.05) is 0 Å². The summed E-state index contributed by atoms with van der Waals surface area (Å²) >= 11 is 0. The topological polar surface area (TPSA) is 0 Å². The first-order valence-corrected chi connectivity index (χ1v) is 8.19. The van der Waals surface area contributed by atoms with Gasteiger partial charge in [0.25, 0.3) is 0 Å². The highest BCUT2D eigenvalue weighted by molar-refractivity contribution is 5.15. The standard InChI is InChI=1S/C19H30/c1-15(2)12-18-10-7-11-19(14-18)16(3)13-17-8-5-4-6-9-17/h4-6,8-9,15-16,18-19H,7,10-14H2,1-3H3. The zero-order valence-corrected chi connectivity index (χ0v) is 12.9. The van der Waals surface area contributed by atoms with E-state index in [9.17, 15) is 0 Å². The predicted octanol–water partition coefficient (Wildman–Crippen LogP) is 5.72. The second-order valence-corrected chi connectivity index (χ2v) is 7.09. The lowest BCUT2D eigenvalue weighted by molar-refractivity contribution is 0.185. The zero-order chi connectivity index (χ0) is 13.7. The molecular formula is C19H30. The van der Waals surface area contributed by atoms with Crippen LogP contribution in [0.15, 0.2) is 30.3 Å². The molecule has 1 aromatic carbocycles. The summed E-state index contributed by atoms with van der Waals surface area (Å²) in [5.41, 5.74) is 1.51. The summed E-state index contributed by atoms with van der Waals surface area (Å²) in [6, 6.07) is 11.0. The molecule has 1 fully saturated rings. The fraction of sp³-hybridized carbons (Fsp3) is 0.684. The van der Waals surface area contributed by atoms with Crippen molar-refractivity contribution in [1.82, 2.24) is 0 Å². The van der Waals surface area contributed by atoms with Crippen molar-refractivity contribution in [3.05, 3.63) is 35.9 Å². The molecule has 0 spiro atoms. The first kappa shape index (κ1) is 14.6. The average Bonchev–Trinajstić information content (AvgIpc) is 2.39. The monoisotopic (exact) mass is 258 g/mol. The van der Waals surface area contributed by atoms with E-state index in [-0.39, 0.29) is 0 Å². The first-order chi connectivity index (χ1) is 9.15. The molecule has 3 unspecified atom stereocenters. The van der Waals surface area contributed by atoms with Crippen LogP contribution in [0, 0.1) is 23.7 Å². The van der Waals surface area contributed by atoms with E-state index >= 15 is 0 Å². The average molecular weight is 258 g/mol. The summed E-state index contributed by atoms with van der Waals surface area (Å²) in [5.74, 6) is 3.67. The third-order valence-electron chi connectivity index (χ3n) is 4.83. The Hall–Kier alpha value is -0.780. The Kier molecular flexibility index (Phi) is 5.48. The Morgan fingerprint density at radius 3 is 2.47 bits per heavy atom. The molecule has 0 heteroatoms. The molecule has 106 valence electrons. The Morgan fingerprint density at radius 1 is 1.05 bits per heavy atom. The summed E-state index contributed by atoms with van der Waals surface area (Å²) in [4.78, 5) is 0. The Labute approximate surface area is 119 Å². The molecular weight excluding hydrogens is 228 g/mol. The van der Waals surface area contributed by atoms with Crippen LogP contribution in [0.4, 0.5) is 0 Å². The maximum absolute atomic E-state index is 2.47. The minimum atomic E-state index is 0.845. The molecule has 3 atom stereocenters. The van der Waals surface area contributed by atoms with Crippen LogP contribution in [0.2, 0.25) is 0 Å². The van der Waals surface area contributed by atoms with Crippen LogP contribution in [0.5, 0.6) is 0 Å². The van der Waals surface area contributed by atoms with Gasteiger partial charge in [-0.15, -0.1) is 0 Å². The maximum atomic E-state index is 2.47.